The van der Waals surface area contributed by atoms with E-state index in [-0.39, 0.29) is 11.8 Å². The molecule has 0 fully saturated rings. The molecule has 0 aliphatic heterocycles. The number of rotatable bonds is 5. The van der Waals surface area contributed by atoms with Gasteiger partial charge in [-0.05, 0) is 56.2 Å². The van der Waals surface area contributed by atoms with Crippen molar-refractivity contribution < 1.29 is 9.59 Å². The largest absolute Gasteiger partial charge is 0.351 e. The number of nitrogens with zero attached hydrogens (tertiary/aromatic N) is 1. The van der Waals surface area contributed by atoms with Gasteiger partial charge in [-0.2, -0.15) is 0 Å². The predicted octanol–water partition coefficient (Wildman–Crippen LogP) is 3.32. The molecule has 126 valence electrons. The molecule has 2 rings (SSSR count). The van der Waals surface area contributed by atoms with Crippen LogP contribution in [0.1, 0.15) is 25.0 Å². The number of amides is 2. The van der Waals surface area contributed by atoms with E-state index in [9.17, 15) is 9.59 Å². The van der Waals surface area contributed by atoms with E-state index in [1.807, 2.05) is 19.1 Å². The molecule has 0 bridgehead atoms. The van der Waals surface area contributed by atoms with Crippen molar-refractivity contribution in [1.29, 1.82) is 0 Å². The maximum absolute atomic E-state index is 12.5. The third kappa shape index (κ3) is 4.11. The van der Waals surface area contributed by atoms with Gasteiger partial charge in [0.15, 0.2) is 0 Å². The number of hydrogen-bond donors (Lipinski definition) is 2. The summed E-state index contributed by atoms with van der Waals surface area (Å²) in [7, 11) is 0. The van der Waals surface area contributed by atoms with Gasteiger partial charge in [-0.15, -0.1) is 0 Å². The molecule has 0 atom stereocenters. The predicted molar refractivity (Wildman–Crippen MR) is 94.7 cm³/mol. The monoisotopic (exact) mass is 345 g/mol. The van der Waals surface area contributed by atoms with Crippen molar-refractivity contribution in [2.24, 2.45) is 5.41 Å². The van der Waals surface area contributed by atoms with Crippen molar-refractivity contribution in [1.82, 2.24) is 10.3 Å². The summed E-state index contributed by atoms with van der Waals surface area (Å²) in [5.74, 6) is -0.739. The Bertz CT molecular complexity index is 745. The zero-order chi connectivity index (χ0) is 17.7. The second kappa shape index (κ2) is 7.45. The molecule has 2 aromatic rings. The van der Waals surface area contributed by atoms with Crippen molar-refractivity contribution in [3.05, 3.63) is 58.9 Å². The number of halogens is 1. The van der Waals surface area contributed by atoms with Gasteiger partial charge in [0.25, 0.3) is 0 Å². The molecule has 24 heavy (non-hydrogen) atoms. The van der Waals surface area contributed by atoms with Gasteiger partial charge in [0.05, 0.1) is 0 Å². The Labute approximate surface area is 146 Å². The van der Waals surface area contributed by atoms with E-state index in [0.29, 0.717) is 17.3 Å². The Morgan fingerprint density at radius 3 is 2.46 bits per heavy atom. The van der Waals surface area contributed by atoms with Gasteiger partial charge in [-0.1, -0.05) is 17.7 Å². The molecule has 6 heteroatoms. The first-order valence-electron chi connectivity index (χ1n) is 7.56. The van der Waals surface area contributed by atoms with Crippen LogP contribution in [0.5, 0.6) is 0 Å². The summed E-state index contributed by atoms with van der Waals surface area (Å²) in [4.78, 5) is 28.9. The summed E-state index contributed by atoms with van der Waals surface area (Å²) < 4.78 is 0. The van der Waals surface area contributed by atoms with E-state index in [1.165, 1.54) is 0 Å². The van der Waals surface area contributed by atoms with Crippen molar-refractivity contribution in [3.8, 4) is 0 Å². The molecule has 1 aromatic heterocycles. The summed E-state index contributed by atoms with van der Waals surface area (Å²) in [5.41, 5.74) is 1.06. The van der Waals surface area contributed by atoms with Crippen LogP contribution in [0.25, 0.3) is 0 Å². The normalized spacial score (nSPS) is 11.0. The smallest absolute Gasteiger partial charge is 0.239 e. The Morgan fingerprint density at radius 1 is 1.12 bits per heavy atom. The minimum Gasteiger partial charge on any atom is -0.351 e. The maximum Gasteiger partial charge on any atom is 0.239 e. The molecule has 1 aromatic carbocycles. The van der Waals surface area contributed by atoms with Crippen molar-refractivity contribution in [3.63, 3.8) is 0 Å². The Kier molecular flexibility index (Phi) is 5.57. The van der Waals surface area contributed by atoms with Crippen LogP contribution in [-0.4, -0.2) is 16.8 Å². The summed E-state index contributed by atoms with van der Waals surface area (Å²) >= 11 is 6.06. The lowest BCUT2D eigenvalue weighted by Gasteiger charge is -2.23. The van der Waals surface area contributed by atoms with E-state index in [1.54, 1.807) is 44.4 Å². The summed E-state index contributed by atoms with van der Waals surface area (Å²) in [6.45, 7) is 5.33. The lowest BCUT2D eigenvalue weighted by molar-refractivity contribution is -0.138. The summed E-state index contributed by atoms with van der Waals surface area (Å²) in [5, 5.41) is 6.12. The fourth-order valence-corrected chi connectivity index (χ4v) is 2.20. The van der Waals surface area contributed by atoms with Crippen LogP contribution in [0.3, 0.4) is 0 Å². The molecule has 1 heterocycles. The zero-order valence-electron chi connectivity index (χ0n) is 13.9. The topological polar surface area (TPSA) is 71.1 Å². The molecule has 0 unspecified atom stereocenters. The zero-order valence-corrected chi connectivity index (χ0v) is 14.6. The first-order valence-corrected chi connectivity index (χ1v) is 7.94. The first kappa shape index (κ1) is 17.9. The minimum absolute atomic E-state index is 0.342. The molecular formula is C18H20ClN3O2. The van der Waals surface area contributed by atoms with Gasteiger partial charge in [0, 0.05) is 29.6 Å². The van der Waals surface area contributed by atoms with Crippen molar-refractivity contribution in [2.75, 3.05) is 5.32 Å². The Hall–Kier alpha value is -2.40. The lowest BCUT2D eigenvalue weighted by atomic mass is 9.90. The SMILES string of the molecule is Cc1c(Cl)cccc1NC(=O)C(C)(C)C(=O)NCc1ccncc1. The third-order valence-electron chi connectivity index (χ3n) is 3.85. The van der Waals surface area contributed by atoms with Gasteiger partial charge < -0.3 is 10.6 Å². The Balaban J connectivity index is 2.03. The number of carbonyl (C=O) groups excluding carboxylic acids is 2. The van der Waals surface area contributed by atoms with Crippen LogP contribution < -0.4 is 10.6 Å². The van der Waals surface area contributed by atoms with E-state index in [4.69, 9.17) is 11.6 Å². The standard InChI is InChI=1S/C18H20ClN3O2/c1-12-14(19)5-4-6-15(12)22-17(24)18(2,3)16(23)21-11-13-7-9-20-10-8-13/h4-10H,11H2,1-3H3,(H,21,23)(H,22,24). The van der Waals surface area contributed by atoms with E-state index < -0.39 is 5.41 Å². The molecule has 5 nitrogen and oxygen atoms in total. The third-order valence-corrected chi connectivity index (χ3v) is 4.26. The Morgan fingerprint density at radius 2 is 1.79 bits per heavy atom. The number of carbonyl (C=O) groups is 2. The van der Waals surface area contributed by atoms with Crippen molar-refractivity contribution >= 4 is 29.1 Å². The highest BCUT2D eigenvalue weighted by atomic mass is 35.5. The summed E-state index contributed by atoms with van der Waals surface area (Å²) in [6, 6.07) is 8.87. The molecule has 0 spiro atoms. The minimum atomic E-state index is -1.22. The number of aromatic nitrogens is 1. The quantitative estimate of drug-likeness (QED) is 0.816. The van der Waals surface area contributed by atoms with Crippen LogP contribution in [0, 0.1) is 12.3 Å². The van der Waals surface area contributed by atoms with Gasteiger partial charge in [0.1, 0.15) is 5.41 Å². The molecule has 0 saturated heterocycles. The van der Waals surface area contributed by atoms with Gasteiger partial charge >= 0.3 is 0 Å². The van der Waals surface area contributed by atoms with Crippen LogP contribution >= 0.6 is 11.6 Å². The van der Waals surface area contributed by atoms with Gasteiger partial charge in [-0.25, -0.2) is 0 Å². The van der Waals surface area contributed by atoms with Gasteiger partial charge in [0.2, 0.25) is 11.8 Å². The van der Waals surface area contributed by atoms with Crippen LogP contribution in [-0.2, 0) is 16.1 Å². The molecule has 2 N–H and O–H groups in total. The number of anilines is 1. The van der Waals surface area contributed by atoms with Crippen LogP contribution in [0.2, 0.25) is 5.02 Å². The van der Waals surface area contributed by atoms with Crippen LogP contribution in [0.15, 0.2) is 42.7 Å². The highest BCUT2D eigenvalue weighted by Gasteiger charge is 2.36. The average Bonchev–Trinajstić information content (AvgIpc) is 2.57. The number of benzene rings is 1. The van der Waals surface area contributed by atoms with Gasteiger partial charge in [-0.3, -0.25) is 14.6 Å². The molecular weight excluding hydrogens is 326 g/mol. The maximum atomic E-state index is 12.5. The highest BCUT2D eigenvalue weighted by Crippen LogP contribution is 2.25. The first-order chi connectivity index (χ1) is 11.3. The average molecular weight is 346 g/mol. The number of pyridine rings is 1. The molecule has 0 radical (unpaired) electrons. The lowest BCUT2D eigenvalue weighted by Crippen LogP contribution is -2.45. The fourth-order valence-electron chi connectivity index (χ4n) is 2.03. The second-order valence-corrected chi connectivity index (χ2v) is 6.44. The highest BCUT2D eigenvalue weighted by molar-refractivity contribution is 6.31. The number of hydrogen-bond acceptors (Lipinski definition) is 3. The van der Waals surface area contributed by atoms with E-state index >= 15 is 0 Å². The van der Waals surface area contributed by atoms with E-state index in [0.717, 1.165) is 11.1 Å². The van der Waals surface area contributed by atoms with Crippen LogP contribution in [0.4, 0.5) is 5.69 Å². The molecule has 0 aliphatic rings. The summed E-state index contributed by atoms with van der Waals surface area (Å²) in [6.07, 6.45) is 3.31. The fraction of sp³-hybridized carbons (Fsp3) is 0.278. The molecule has 0 saturated carbocycles. The number of nitrogens with one attached hydrogen (secondary N) is 2. The van der Waals surface area contributed by atoms with E-state index in [2.05, 4.69) is 15.6 Å². The van der Waals surface area contributed by atoms with Crippen molar-refractivity contribution in [2.45, 2.75) is 27.3 Å². The molecule has 2 amide bonds. The second-order valence-electron chi connectivity index (χ2n) is 6.03. The molecule has 0 aliphatic carbocycles.